The van der Waals surface area contributed by atoms with E-state index in [2.05, 4.69) is 23.3 Å². The van der Waals surface area contributed by atoms with Crippen molar-refractivity contribution in [1.82, 2.24) is 15.3 Å². The molecule has 2 fully saturated rings. The smallest absolute Gasteiger partial charge is 0.142 e. The second kappa shape index (κ2) is 5.35. The van der Waals surface area contributed by atoms with Gasteiger partial charge in [0.1, 0.15) is 5.82 Å². The second-order valence-electron chi connectivity index (χ2n) is 5.84. The van der Waals surface area contributed by atoms with Crippen molar-refractivity contribution in [2.75, 3.05) is 0 Å². The standard InChI is InChI=1S/C15H23N3/c1-11-9-14(12-5-3-2-4-6-12)18-15(17-11)10-16-13-7-8-13/h9,12-13,16H,2-8,10H2,1H3. The first-order chi connectivity index (χ1) is 8.81. The van der Waals surface area contributed by atoms with Crippen LogP contribution in [0.3, 0.4) is 0 Å². The Morgan fingerprint density at radius 2 is 1.89 bits per heavy atom. The maximum absolute atomic E-state index is 4.78. The van der Waals surface area contributed by atoms with Crippen molar-refractivity contribution in [2.45, 2.75) is 70.4 Å². The highest BCUT2D eigenvalue weighted by molar-refractivity contribution is 5.15. The fourth-order valence-electron chi connectivity index (χ4n) is 2.87. The largest absolute Gasteiger partial charge is 0.307 e. The molecule has 0 bridgehead atoms. The Labute approximate surface area is 109 Å². The van der Waals surface area contributed by atoms with Crippen LogP contribution in [-0.2, 0) is 6.54 Å². The van der Waals surface area contributed by atoms with Crippen LogP contribution in [0.1, 0.15) is 68.1 Å². The van der Waals surface area contributed by atoms with E-state index < -0.39 is 0 Å². The van der Waals surface area contributed by atoms with Crippen molar-refractivity contribution in [3.63, 3.8) is 0 Å². The van der Waals surface area contributed by atoms with Crippen molar-refractivity contribution in [3.8, 4) is 0 Å². The van der Waals surface area contributed by atoms with Crippen molar-refractivity contribution >= 4 is 0 Å². The molecule has 2 aliphatic rings. The van der Waals surface area contributed by atoms with Crippen molar-refractivity contribution < 1.29 is 0 Å². The van der Waals surface area contributed by atoms with Crippen molar-refractivity contribution in [1.29, 1.82) is 0 Å². The van der Waals surface area contributed by atoms with Crippen LogP contribution < -0.4 is 5.32 Å². The van der Waals surface area contributed by atoms with Crippen LogP contribution in [0.15, 0.2) is 6.07 Å². The summed E-state index contributed by atoms with van der Waals surface area (Å²) >= 11 is 0. The lowest BCUT2D eigenvalue weighted by Crippen LogP contribution is -2.19. The van der Waals surface area contributed by atoms with Gasteiger partial charge in [0, 0.05) is 23.3 Å². The molecule has 1 N–H and O–H groups in total. The summed E-state index contributed by atoms with van der Waals surface area (Å²) in [6.45, 7) is 2.93. The molecular formula is C15H23N3. The van der Waals surface area contributed by atoms with E-state index >= 15 is 0 Å². The van der Waals surface area contributed by atoms with Crippen molar-refractivity contribution in [3.05, 3.63) is 23.3 Å². The lowest BCUT2D eigenvalue weighted by Gasteiger charge is -2.21. The number of nitrogens with one attached hydrogen (secondary N) is 1. The number of rotatable bonds is 4. The summed E-state index contributed by atoms with van der Waals surface area (Å²) in [6, 6.07) is 2.92. The first kappa shape index (κ1) is 12.1. The minimum absolute atomic E-state index is 0.681. The van der Waals surface area contributed by atoms with Gasteiger partial charge in [-0.1, -0.05) is 19.3 Å². The third-order valence-corrected chi connectivity index (χ3v) is 4.07. The molecular weight excluding hydrogens is 222 g/mol. The summed E-state index contributed by atoms with van der Waals surface area (Å²) in [6.07, 6.45) is 9.39. The van der Waals surface area contributed by atoms with Gasteiger partial charge in [-0.25, -0.2) is 9.97 Å². The zero-order valence-electron chi connectivity index (χ0n) is 11.3. The van der Waals surface area contributed by atoms with Gasteiger partial charge in [0.15, 0.2) is 0 Å². The summed E-state index contributed by atoms with van der Waals surface area (Å²) in [4.78, 5) is 9.34. The maximum atomic E-state index is 4.78. The topological polar surface area (TPSA) is 37.8 Å². The van der Waals surface area contributed by atoms with Crippen LogP contribution in [0.4, 0.5) is 0 Å². The summed E-state index contributed by atoms with van der Waals surface area (Å²) in [7, 11) is 0. The number of hydrogen-bond acceptors (Lipinski definition) is 3. The second-order valence-corrected chi connectivity index (χ2v) is 5.84. The molecule has 2 saturated carbocycles. The molecule has 98 valence electrons. The van der Waals surface area contributed by atoms with Crippen LogP contribution in [-0.4, -0.2) is 16.0 Å². The molecule has 0 aliphatic heterocycles. The summed E-state index contributed by atoms with van der Waals surface area (Å²) in [5.74, 6) is 1.67. The Kier molecular flexibility index (Phi) is 3.59. The van der Waals surface area contributed by atoms with Gasteiger partial charge in [0.2, 0.25) is 0 Å². The Morgan fingerprint density at radius 1 is 1.11 bits per heavy atom. The first-order valence-electron chi connectivity index (χ1n) is 7.39. The molecule has 0 radical (unpaired) electrons. The van der Waals surface area contributed by atoms with E-state index in [-0.39, 0.29) is 0 Å². The average molecular weight is 245 g/mol. The summed E-state index contributed by atoms with van der Waals surface area (Å²) in [5.41, 5.74) is 2.41. The Bertz CT molecular complexity index is 406. The molecule has 3 nitrogen and oxygen atoms in total. The summed E-state index contributed by atoms with van der Waals surface area (Å²) < 4.78 is 0. The van der Waals surface area contributed by atoms with Gasteiger partial charge < -0.3 is 5.32 Å². The number of hydrogen-bond donors (Lipinski definition) is 1. The predicted octanol–water partition coefficient (Wildman–Crippen LogP) is 3.08. The van der Waals surface area contributed by atoms with E-state index in [1.54, 1.807) is 0 Å². The lowest BCUT2D eigenvalue weighted by molar-refractivity contribution is 0.434. The fourth-order valence-corrected chi connectivity index (χ4v) is 2.87. The molecule has 1 aromatic heterocycles. The molecule has 1 heterocycles. The van der Waals surface area contributed by atoms with Gasteiger partial charge in [-0.05, 0) is 38.7 Å². The molecule has 0 saturated heterocycles. The van der Waals surface area contributed by atoms with E-state index in [9.17, 15) is 0 Å². The van der Waals surface area contributed by atoms with Gasteiger partial charge in [-0.3, -0.25) is 0 Å². The van der Waals surface area contributed by atoms with Crippen LogP contribution in [0, 0.1) is 6.92 Å². The molecule has 0 spiro atoms. The Morgan fingerprint density at radius 3 is 2.61 bits per heavy atom. The predicted molar refractivity (Wildman–Crippen MR) is 72.5 cm³/mol. The molecule has 0 aromatic carbocycles. The zero-order chi connectivity index (χ0) is 12.4. The molecule has 3 rings (SSSR count). The number of aryl methyl sites for hydroxylation is 1. The quantitative estimate of drug-likeness (QED) is 0.885. The van der Waals surface area contributed by atoms with E-state index in [4.69, 9.17) is 4.98 Å². The Hall–Kier alpha value is -0.960. The molecule has 2 aliphatic carbocycles. The van der Waals surface area contributed by atoms with Crippen LogP contribution in [0.5, 0.6) is 0 Å². The van der Waals surface area contributed by atoms with Gasteiger partial charge in [-0.2, -0.15) is 0 Å². The average Bonchev–Trinajstić information content (AvgIpc) is 3.21. The minimum atomic E-state index is 0.681. The molecule has 18 heavy (non-hydrogen) atoms. The van der Waals surface area contributed by atoms with Crippen LogP contribution in [0.2, 0.25) is 0 Å². The van der Waals surface area contributed by atoms with Gasteiger partial charge >= 0.3 is 0 Å². The molecule has 3 heteroatoms. The highest BCUT2D eigenvalue weighted by Gasteiger charge is 2.21. The van der Waals surface area contributed by atoms with E-state index in [0.29, 0.717) is 5.92 Å². The lowest BCUT2D eigenvalue weighted by atomic mass is 9.86. The number of aromatic nitrogens is 2. The van der Waals surface area contributed by atoms with Crippen molar-refractivity contribution in [2.24, 2.45) is 0 Å². The van der Waals surface area contributed by atoms with E-state index in [1.807, 2.05) is 0 Å². The van der Waals surface area contributed by atoms with Crippen LogP contribution >= 0.6 is 0 Å². The van der Waals surface area contributed by atoms with Crippen LogP contribution in [0.25, 0.3) is 0 Å². The minimum Gasteiger partial charge on any atom is -0.307 e. The molecule has 1 aromatic rings. The molecule has 0 unspecified atom stereocenters. The monoisotopic (exact) mass is 245 g/mol. The summed E-state index contributed by atoms with van der Waals surface area (Å²) in [5, 5.41) is 3.51. The van der Waals surface area contributed by atoms with E-state index in [1.165, 1.54) is 50.6 Å². The zero-order valence-corrected chi connectivity index (χ0v) is 11.3. The van der Waals surface area contributed by atoms with Gasteiger partial charge in [0.25, 0.3) is 0 Å². The normalized spacial score (nSPS) is 21.2. The molecule has 0 amide bonds. The SMILES string of the molecule is Cc1cc(C2CCCCC2)nc(CNC2CC2)n1. The third kappa shape index (κ3) is 3.08. The highest BCUT2D eigenvalue weighted by Crippen LogP contribution is 2.31. The first-order valence-corrected chi connectivity index (χ1v) is 7.39. The maximum Gasteiger partial charge on any atom is 0.142 e. The highest BCUT2D eigenvalue weighted by atomic mass is 15.0. The number of nitrogens with zero attached hydrogens (tertiary/aromatic N) is 2. The van der Waals surface area contributed by atoms with E-state index in [0.717, 1.165) is 24.1 Å². The molecule has 0 atom stereocenters. The third-order valence-electron chi connectivity index (χ3n) is 4.07. The van der Waals surface area contributed by atoms with Gasteiger partial charge in [0.05, 0.1) is 6.54 Å². The van der Waals surface area contributed by atoms with Gasteiger partial charge in [-0.15, -0.1) is 0 Å². The Balaban J connectivity index is 1.71. The fraction of sp³-hybridized carbons (Fsp3) is 0.733.